The molecule has 1 aromatic rings. The minimum Gasteiger partial charge on any atom is -0.461 e. The van der Waals surface area contributed by atoms with Crippen molar-refractivity contribution < 1.29 is 38.2 Å². The maximum Gasteiger partial charge on any atom is 0.408 e. The van der Waals surface area contributed by atoms with Gasteiger partial charge >= 0.3 is 18.2 Å². The average molecular weight is 826 g/mol. The monoisotopic (exact) mass is 826 g/mol. The summed E-state index contributed by atoms with van der Waals surface area (Å²) in [5, 5.41) is 8.72. The van der Waals surface area contributed by atoms with Gasteiger partial charge in [0.1, 0.15) is 23.8 Å². The normalized spacial score (nSPS) is 19.9. The van der Waals surface area contributed by atoms with Crippen molar-refractivity contribution in [2.24, 2.45) is 11.8 Å². The van der Waals surface area contributed by atoms with E-state index in [1.165, 1.54) is 0 Å². The van der Waals surface area contributed by atoms with E-state index in [-0.39, 0.29) is 41.2 Å². The number of nitrogens with zero attached hydrogens (tertiary/aromatic N) is 2. The summed E-state index contributed by atoms with van der Waals surface area (Å²) in [7, 11) is 2.10. The van der Waals surface area contributed by atoms with Crippen molar-refractivity contribution >= 4 is 30.0 Å². The SMILES string of the molecule is CC(C)C[C@@H](/C=C/[C@H](Cc1ccccc1)C(=O)N1CCC[C@H]1C(=O)N[C@@H](CCCCNC(=O)OC1CC(C)(C)N(C)C(C)(C)C1)C(=O)OC(C)C)NC(=O)OC(C)(C)C. The lowest BCUT2D eigenvalue weighted by molar-refractivity contribution is -0.152. The predicted molar refractivity (Wildman–Crippen MR) is 231 cm³/mol. The Bertz CT molecular complexity index is 1550. The van der Waals surface area contributed by atoms with Crippen molar-refractivity contribution in [1.29, 1.82) is 0 Å². The fraction of sp³-hybridized carbons (Fsp3) is 0.717. The van der Waals surface area contributed by atoms with E-state index in [0.29, 0.717) is 58.0 Å². The van der Waals surface area contributed by atoms with Gasteiger partial charge in [-0.05, 0) is 126 Å². The molecule has 3 rings (SSSR count). The number of ether oxygens (including phenoxy) is 3. The minimum absolute atomic E-state index is 0.112. The highest BCUT2D eigenvalue weighted by molar-refractivity contribution is 5.92. The molecular weight excluding hydrogens is 751 g/mol. The van der Waals surface area contributed by atoms with Crippen LogP contribution >= 0.6 is 0 Å². The summed E-state index contributed by atoms with van der Waals surface area (Å²) in [6.45, 7) is 22.4. The molecule has 0 saturated carbocycles. The van der Waals surface area contributed by atoms with Crippen molar-refractivity contribution in [3.8, 4) is 0 Å². The van der Waals surface area contributed by atoms with Crippen molar-refractivity contribution in [2.45, 2.75) is 181 Å². The third kappa shape index (κ3) is 16.4. The van der Waals surface area contributed by atoms with E-state index in [0.717, 1.165) is 18.4 Å². The number of likely N-dealkylation sites (tertiary alicyclic amines) is 2. The maximum absolute atomic E-state index is 14.4. The molecule has 59 heavy (non-hydrogen) atoms. The van der Waals surface area contributed by atoms with E-state index >= 15 is 0 Å². The molecule has 1 aromatic carbocycles. The Hall–Kier alpha value is -4.13. The first-order valence-corrected chi connectivity index (χ1v) is 21.7. The Balaban J connectivity index is 1.68. The molecule has 0 aromatic heterocycles. The van der Waals surface area contributed by atoms with Crippen LogP contribution in [-0.4, -0.2) is 107 Å². The third-order valence-corrected chi connectivity index (χ3v) is 11.1. The van der Waals surface area contributed by atoms with Gasteiger partial charge in [-0.25, -0.2) is 14.4 Å². The summed E-state index contributed by atoms with van der Waals surface area (Å²) in [5.41, 5.74) is 0.0799. The first-order chi connectivity index (χ1) is 27.5. The van der Waals surface area contributed by atoms with E-state index in [9.17, 15) is 24.0 Å². The number of unbranched alkanes of at least 4 members (excludes halogenated alkanes) is 1. The second-order valence-corrected chi connectivity index (χ2v) is 19.3. The second-order valence-electron chi connectivity index (χ2n) is 19.3. The molecule has 2 saturated heterocycles. The van der Waals surface area contributed by atoms with Crippen molar-refractivity contribution in [1.82, 2.24) is 25.8 Å². The number of alkyl carbamates (subject to hydrolysis) is 2. The van der Waals surface area contributed by atoms with Crippen LogP contribution in [0.15, 0.2) is 42.5 Å². The number of esters is 1. The Morgan fingerprint density at radius 2 is 1.54 bits per heavy atom. The number of piperidine rings is 1. The number of hydrogen-bond acceptors (Lipinski definition) is 9. The van der Waals surface area contributed by atoms with Crippen LogP contribution in [0.5, 0.6) is 0 Å². The fourth-order valence-electron chi connectivity index (χ4n) is 8.09. The molecule has 0 unspecified atom stereocenters. The highest BCUT2D eigenvalue weighted by atomic mass is 16.6. The molecule has 2 heterocycles. The molecule has 2 aliphatic heterocycles. The molecule has 2 fully saturated rings. The Labute approximate surface area is 354 Å². The Morgan fingerprint density at radius 3 is 2.14 bits per heavy atom. The second kappa shape index (κ2) is 21.9. The smallest absolute Gasteiger partial charge is 0.408 e. The first-order valence-electron chi connectivity index (χ1n) is 21.7. The lowest BCUT2D eigenvalue weighted by Gasteiger charge is -2.53. The Kier molecular flexibility index (Phi) is 18.3. The molecule has 2 aliphatic rings. The van der Waals surface area contributed by atoms with Gasteiger partial charge in [-0.1, -0.05) is 56.3 Å². The van der Waals surface area contributed by atoms with Gasteiger partial charge in [-0.3, -0.25) is 14.5 Å². The summed E-state index contributed by atoms with van der Waals surface area (Å²) < 4.78 is 16.9. The van der Waals surface area contributed by atoms with Gasteiger partial charge in [0.25, 0.3) is 0 Å². The van der Waals surface area contributed by atoms with Crippen LogP contribution in [0.2, 0.25) is 0 Å². The molecule has 3 N–H and O–H groups in total. The van der Waals surface area contributed by atoms with Crippen LogP contribution in [0, 0.1) is 11.8 Å². The number of nitrogens with one attached hydrogen (secondary N) is 3. The van der Waals surface area contributed by atoms with Gasteiger partial charge in [0.05, 0.1) is 18.1 Å². The summed E-state index contributed by atoms with van der Waals surface area (Å²) in [6, 6.07) is 7.64. The van der Waals surface area contributed by atoms with E-state index in [1.807, 2.05) is 63.3 Å². The predicted octanol–water partition coefficient (Wildman–Crippen LogP) is 7.32. The van der Waals surface area contributed by atoms with Crippen molar-refractivity contribution in [2.75, 3.05) is 20.1 Å². The number of benzene rings is 1. The number of carbonyl (C=O) groups excluding carboxylic acids is 5. The van der Waals surface area contributed by atoms with Gasteiger partial charge in [0.15, 0.2) is 0 Å². The van der Waals surface area contributed by atoms with Crippen LogP contribution in [0.3, 0.4) is 0 Å². The zero-order valence-corrected chi connectivity index (χ0v) is 38.0. The summed E-state index contributed by atoms with van der Waals surface area (Å²) in [6.07, 6.45) is 7.13. The largest absolute Gasteiger partial charge is 0.461 e. The van der Waals surface area contributed by atoms with Gasteiger partial charge < -0.3 is 35.1 Å². The topological polar surface area (TPSA) is 156 Å². The molecule has 13 heteroatoms. The molecule has 0 bridgehead atoms. The lowest BCUT2D eigenvalue weighted by Crippen LogP contribution is -2.60. The number of hydrogen-bond donors (Lipinski definition) is 3. The molecule has 0 spiro atoms. The Morgan fingerprint density at radius 1 is 0.898 bits per heavy atom. The first kappa shape index (κ1) is 49.2. The van der Waals surface area contributed by atoms with Gasteiger partial charge in [-0.15, -0.1) is 0 Å². The van der Waals surface area contributed by atoms with E-state index in [4.69, 9.17) is 14.2 Å². The highest BCUT2D eigenvalue weighted by Gasteiger charge is 2.44. The average Bonchev–Trinajstić information content (AvgIpc) is 3.60. The minimum atomic E-state index is -0.922. The van der Waals surface area contributed by atoms with Gasteiger partial charge in [0.2, 0.25) is 11.8 Å². The van der Waals surface area contributed by atoms with Crippen LogP contribution in [0.25, 0.3) is 0 Å². The molecular formula is C46H75N5O8. The maximum atomic E-state index is 14.4. The van der Waals surface area contributed by atoms with E-state index < -0.39 is 47.7 Å². The summed E-state index contributed by atoms with van der Waals surface area (Å²) in [4.78, 5) is 71.1. The molecule has 4 amide bonds. The van der Waals surface area contributed by atoms with Crippen molar-refractivity contribution in [3.05, 3.63) is 48.0 Å². The zero-order chi connectivity index (χ0) is 44.1. The summed E-state index contributed by atoms with van der Waals surface area (Å²) >= 11 is 0. The number of rotatable bonds is 18. The lowest BCUT2D eigenvalue weighted by atomic mass is 9.79. The molecule has 4 atom stereocenters. The highest BCUT2D eigenvalue weighted by Crippen LogP contribution is 2.38. The number of amides is 4. The van der Waals surface area contributed by atoms with Gasteiger partial charge in [-0.2, -0.15) is 0 Å². The van der Waals surface area contributed by atoms with Crippen LogP contribution in [0.4, 0.5) is 9.59 Å². The van der Waals surface area contributed by atoms with Crippen LogP contribution < -0.4 is 16.0 Å². The van der Waals surface area contributed by atoms with Crippen molar-refractivity contribution in [3.63, 3.8) is 0 Å². The molecule has 13 nitrogen and oxygen atoms in total. The van der Waals surface area contributed by atoms with Gasteiger partial charge in [0, 0.05) is 37.0 Å². The van der Waals surface area contributed by atoms with Crippen LogP contribution in [0.1, 0.15) is 133 Å². The fourth-order valence-corrected chi connectivity index (χ4v) is 8.09. The molecule has 0 aliphatic carbocycles. The molecule has 332 valence electrons. The summed E-state index contributed by atoms with van der Waals surface area (Å²) in [5.74, 6) is -1.50. The molecule has 0 radical (unpaired) electrons. The van der Waals surface area contributed by atoms with Crippen LogP contribution in [-0.2, 0) is 35.0 Å². The van der Waals surface area contributed by atoms with E-state index in [1.54, 1.807) is 18.7 Å². The zero-order valence-electron chi connectivity index (χ0n) is 38.0. The quantitative estimate of drug-likeness (QED) is 0.0598. The third-order valence-electron chi connectivity index (χ3n) is 11.1. The van der Waals surface area contributed by atoms with E-state index in [2.05, 4.69) is 69.4 Å². The number of carbonyl (C=O) groups is 5. The standard InChI is InChI=1S/C46H75N5O8/c1-31(2)27-35(48-43(56)59-44(5,6)7)24-23-34(28-33-19-14-13-15-20-33)40(53)51-26-18-22-38(51)39(52)49-37(41(54)57-32(3)4)21-16-17-25-47-42(55)58-36-29-45(8,9)50(12)46(10,11)30-36/h13-15,19-20,23-24,31-32,34-38H,16-18,21-22,25-30H2,1-12H3,(H,47,55)(H,48,56)(H,49,52)/b24-23+/t34-,35-,37+,38+/m1/s1.